The summed E-state index contributed by atoms with van der Waals surface area (Å²) in [5.41, 5.74) is 0.725. The van der Waals surface area contributed by atoms with Crippen molar-refractivity contribution in [3.8, 4) is 0 Å². The molecule has 0 amide bonds. The predicted molar refractivity (Wildman–Crippen MR) is 77.2 cm³/mol. The minimum atomic E-state index is -3.10. The van der Waals surface area contributed by atoms with Crippen LogP contribution < -0.4 is 5.32 Å². The van der Waals surface area contributed by atoms with E-state index in [0.29, 0.717) is 10.0 Å². The van der Waals surface area contributed by atoms with Gasteiger partial charge in [-0.3, -0.25) is 0 Å². The second kappa shape index (κ2) is 6.75. The van der Waals surface area contributed by atoms with E-state index in [1.54, 1.807) is 18.2 Å². The number of sulfone groups is 1. The van der Waals surface area contributed by atoms with Gasteiger partial charge in [0.25, 0.3) is 0 Å². The molecule has 0 saturated carbocycles. The number of nitrogens with one attached hydrogen (secondary N) is 1. The number of hydrogen-bond acceptors (Lipinski definition) is 3. The zero-order valence-corrected chi connectivity index (χ0v) is 12.7. The third-order valence-electron chi connectivity index (χ3n) is 2.47. The maximum absolute atomic E-state index is 11.5. The molecule has 18 heavy (non-hydrogen) atoms. The molecule has 0 aliphatic carbocycles. The first-order valence-corrected chi connectivity index (χ1v) is 8.51. The van der Waals surface area contributed by atoms with E-state index >= 15 is 0 Å². The highest BCUT2D eigenvalue weighted by Crippen LogP contribution is 2.30. The fourth-order valence-corrected chi connectivity index (χ4v) is 3.01. The molecule has 1 unspecified atom stereocenters. The number of halogens is 2. The van der Waals surface area contributed by atoms with Crippen molar-refractivity contribution < 1.29 is 8.42 Å². The second-order valence-electron chi connectivity index (χ2n) is 4.24. The van der Waals surface area contributed by atoms with Crippen LogP contribution in [-0.2, 0) is 9.84 Å². The molecule has 102 valence electrons. The van der Waals surface area contributed by atoms with E-state index in [1.807, 2.05) is 6.92 Å². The first-order valence-electron chi connectivity index (χ1n) is 5.70. The highest BCUT2D eigenvalue weighted by Gasteiger charge is 2.20. The zero-order valence-electron chi connectivity index (χ0n) is 10.4. The van der Waals surface area contributed by atoms with E-state index in [0.717, 1.165) is 18.5 Å². The van der Waals surface area contributed by atoms with Crippen LogP contribution in [-0.4, -0.2) is 27.0 Å². The van der Waals surface area contributed by atoms with Crippen LogP contribution >= 0.6 is 23.2 Å². The standard InChI is InChI=1S/C12H17Cl2NO2S/c1-3-7-15-11(8-18(2,16)17)9-5-4-6-10(13)12(9)14/h4-6,11,15H,3,7-8H2,1-2H3. The van der Waals surface area contributed by atoms with E-state index in [-0.39, 0.29) is 11.8 Å². The van der Waals surface area contributed by atoms with Crippen molar-refractivity contribution in [3.63, 3.8) is 0 Å². The van der Waals surface area contributed by atoms with Gasteiger partial charge in [-0.05, 0) is 24.6 Å². The SMILES string of the molecule is CCCNC(CS(C)(=O)=O)c1cccc(Cl)c1Cl. The van der Waals surface area contributed by atoms with Gasteiger partial charge in [0.1, 0.15) is 9.84 Å². The van der Waals surface area contributed by atoms with Crippen molar-refractivity contribution >= 4 is 33.0 Å². The molecule has 6 heteroatoms. The van der Waals surface area contributed by atoms with Crippen LogP contribution in [0.15, 0.2) is 18.2 Å². The van der Waals surface area contributed by atoms with Crippen LogP contribution in [0.2, 0.25) is 10.0 Å². The maximum Gasteiger partial charge on any atom is 0.149 e. The van der Waals surface area contributed by atoms with E-state index in [1.165, 1.54) is 6.26 Å². The lowest BCUT2D eigenvalue weighted by molar-refractivity contribution is 0.549. The van der Waals surface area contributed by atoms with Crippen molar-refractivity contribution in [1.29, 1.82) is 0 Å². The first-order chi connectivity index (χ1) is 8.35. The lowest BCUT2D eigenvalue weighted by atomic mass is 10.1. The van der Waals surface area contributed by atoms with Gasteiger partial charge in [-0.15, -0.1) is 0 Å². The summed E-state index contributed by atoms with van der Waals surface area (Å²) < 4.78 is 22.9. The van der Waals surface area contributed by atoms with Crippen LogP contribution in [0, 0.1) is 0 Å². The van der Waals surface area contributed by atoms with Gasteiger partial charge in [0, 0.05) is 12.3 Å². The minimum Gasteiger partial charge on any atom is -0.309 e. The van der Waals surface area contributed by atoms with E-state index in [9.17, 15) is 8.42 Å². The topological polar surface area (TPSA) is 46.2 Å². The average molecular weight is 310 g/mol. The van der Waals surface area contributed by atoms with Crippen molar-refractivity contribution in [2.24, 2.45) is 0 Å². The molecular weight excluding hydrogens is 293 g/mol. The van der Waals surface area contributed by atoms with Crippen molar-refractivity contribution in [2.45, 2.75) is 19.4 Å². The van der Waals surface area contributed by atoms with E-state index in [4.69, 9.17) is 23.2 Å². The number of hydrogen-bond donors (Lipinski definition) is 1. The molecule has 0 aliphatic rings. The van der Waals surface area contributed by atoms with Crippen molar-refractivity contribution in [1.82, 2.24) is 5.32 Å². The largest absolute Gasteiger partial charge is 0.309 e. The first kappa shape index (κ1) is 15.8. The van der Waals surface area contributed by atoms with Crippen LogP contribution in [0.3, 0.4) is 0 Å². The minimum absolute atomic E-state index is 0.00701. The van der Waals surface area contributed by atoms with Crippen LogP contribution in [0.5, 0.6) is 0 Å². The lowest BCUT2D eigenvalue weighted by Gasteiger charge is -2.19. The Morgan fingerprint density at radius 2 is 2.00 bits per heavy atom. The molecule has 0 aliphatic heterocycles. The maximum atomic E-state index is 11.5. The Labute approximate surface area is 118 Å². The summed E-state index contributed by atoms with van der Waals surface area (Å²) in [6.07, 6.45) is 2.13. The van der Waals surface area contributed by atoms with Crippen molar-refractivity contribution in [3.05, 3.63) is 33.8 Å². The normalized spacial score (nSPS) is 13.6. The molecule has 1 N–H and O–H groups in total. The fraction of sp³-hybridized carbons (Fsp3) is 0.500. The van der Waals surface area contributed by atoms with Crippen molar-refractivity contribution in [2.75, 3.05) is 18.6 Å². The summed E-state index contributed by atoms with van der Waals surface area (Å²) in [6.45, 7) is 2.74. The van der Waals surface area contributed by atoms with Gasteiger partial charge >= 0.3 is 0 Å². The van der Waals surface area contributed by atoms with Gasteiger partial charge in [0.05, 0.1) is 15.8 Å². The Hall–Kier alpha value is -0.290. The molecule has 0 bridgehead atoms. The monoisotopic (exact) mass is 309 g/mol. The Balaban J connectivity index is 3.05. The average Bonchev–Trinajstić information content (AvgIpc) is 2.27. The van der Waals surface area contributed by atoms with E-state index < -0.39 is 9.84 Å². The highest BCUT2D eigenvalue weighted by atomic mass is 35.5. The highest BCUT2D eigenvalue weighted by molar-refractivity contribution is 7.90. The smallest absolute Gasteiger partial charge is 0.149 e. The predicted octanol–water partition coefficient (Wildman–Crippen LogP) is 3.08. The summed E-state index contributed by atoms with van der Waals surface area (Å²) in [7, 11) is -3.10. The molecule has 0 radical (unpaired) electrons. The number of rotatable bonds is 6. The molecular formula is C12H17Cl2NO2S. The fourth-order valence-electron chi connectivity index (χ4n) is 1.67. The van der Waals surface area contributed by atoms with Gasteiger partial charge in [0.15, 0.2) is 0 Å². The molecule has 0 fully saturated rings. The quantitative estimate of drug-likeness (QED) is 0.878. The van der Waals surface area contributed by atoms with Crippen LogP contribution in [0.25, 0.3) is 0 Å². The molecule has 1 rings (SSSR count). The second-order valence-corrected chi connectivity index (χ2v) is 7.21. The summed E-state index contributed by atoms with van der Waals surface area (Å²) in [5.74, 6) is 0.00701. The molecule has 1 aromatic rings. The summed E-state index contributed by atoms with van der Waals surface area (Å²) >= 11 is 12.1. The van der Waals surface area contributed by atoms with Crippen LogP contribution in [0.1, 0.15) is 24.9 Å². The molecule has 1 atom stereocenters. The molecule has 1 aromatic carbocycles. The Kier molecular flexibility index (Phi) is 5.92. The Morgan fingerprint density at radius 3 is 2.56 bits per heavy atom. The molecule has 0 heterocycles. The Bertz CT molecular complexity index is 503. The Morgan fingerprint density at radius 1 is 1.33 bits per heavy atom. The number of benzene rings is 1. The van der Waals surface area contributed by atoms with Gasteiger partial charge in [-0.25, -0.2) is 8.42 Å². The molecule has 0 aromatic heterocycles. The van der Waals surface area contributed by atoms with Gasteiger partial charge in [-0.2, -0.15) is 0 Å². The molecule has 0 saturated heterocycles. The molecule has 0 spiro atoms. The third kappa shape index (κ3) is 4.76. The lowest BCUT2D eigenvalue weighted by Crippen LogP contribution is -2.28. The summed E-state index contributed by atoms with van der Waals surface area (Å²) in [6, 6.07) is 4.93. The summed E-state index contributed by atoms with van der Waals surface area (Å²) in [5, 5.41) is 4.04. The van der Waals surface area contributed by atoms with Gasteiger partial charge < -0.3 is 5.32 Å². The summed E-state index contributed by atoms with van der Waals surface area (Å²) in [4.78, 5) is 0. The molecule has 3 nitrogen and oxygen atoms in total. The zero-order chi connectivity index (χ0) is 13.8. The van der Waals surface area contributed by atoms with Gasteiger partial charge in [-0.1, -0.05) is 42.3 Å². The third-order valence-corrected chi connectivity index (χ3v) is 4.24. The van der Waals surface area contributed by atoms with Crippen LogP contribution in [0.4, 0.5) is 0 Å². The van der Waals surface area contributed by atoms with Gasteiger partial charge in [0.2, 0.25) is 0 Å². The van der Waals surface area contributed by atoms with E-state index in [2.05, 4.69) is 5.32 Å².